The number of carbonyl (C=O) groups is 1. The van der Waals surface area contributed by atoms with Crippen molar-refractivity contribution in [2.24, 2.45) is 0 Å². The molecule has 2 amide bonds. The third-order valence-corrected chi connectivity index (χ3v) is 3.11. The molecule has 0 saturated carbocycles. The van der Waals surface area contributed by atoms with Gasteiger partial charge in [-0.15, -0.1) is 0 Å². The minimum absolute atomic E-state index is 0.431. The van der Waals surface area contributed by atoms with Crippen molar-refractivity contribution in [2.75, 3.05) is 11.5 Å². The number of rotatable bonds is 6. The molecule has 2 unspecified atom stereocenters. The van der Waals surface area contributed by atoms with Gasteiger partial charge in [-0.05, 0) is 38.1 Å². The Morgan fingerprint density at radius 1 is 0.833 bits per heavy atom. The van der Waals surface area contributed by atoms with Crippen LogP contribution < -0.4 is 31.6 Å². The van der Waals surface area contributed by atoms with Crippen LogP contribution in [0.25, 0.3) is 0 Å². The first kappa shape index (κ1) is 17.3. The molecule has 0 saturated heterocycles. The average Bonchev–Trinajstić information content (AvgIpc) is 2.51. The predicted octanol–water partition coefficient (Wildman–Crippen LogP) is 2.30. The maximum absolute atomic E-state index is 12.0. The highest BCUT2D eigenvalue weighted by atomic mass is 16.5. The monoisotopic (exact) mass is 330 g/mol. The van der Waals surface area contributed by atoms with E-state index in [4.69, 9.17) is 20.9 Å². The molecule has 0 spiro atoms. The van der Waals surface area contributed by atoms with E-state index in [-0.39, 0.29) is 0 Å². The Balaban J connectivity index is 1.82. The summed E-state index contributed by atoms with van der Waals surface area (Å²) in [7, 11) is 0. The molecule has 2 aromatic carbocycles. The molecule has 128 valence electrons. The second-order valence-electron chi connectivity index (χ2n) is 5.21. The number of para-hydroxylation sites is 4. The molecule has 2 aromatic rings. The molecule has 0 aromatic heterocycles. The van der Waals surface area contributed by atoms with E-state index in [1.54, 1.807) is 62.4 Å². The zero-order valence-electron chi connectivity index (χ0n) is 13.7. The van der Waals surface area contributed by atoms with E-state index in [1.165, 1.54) is 0 Å². The number of hydrogen-bond acceptors (Lipinski definition) is 5. The Labute approximate surface area is 140 Å². The van der Waals surface area contributed by atoms with Gasteiger partial charge in [0.2, 0.25) is 0 Å². The summed E-state index contributed by atoms with van der Waals surface area (Å²) < 4.78 is 11.2. The highest BCUT2D eigenvalue weighted by molar-refractivity contribution is 5.74. The molecular weight excluding hydrogens is 308 g/mol. The smallest absolute Gasteiger partial charge is 0.320 e. The van der Waals surface area contributed by atoms with Crippen LogP contribution in [0.5, 0.6) is 11.5 Å². The quantitative estimate of drug-likeness (QED) is 0.480. The normalized spacial score (nSPS) is 12.8. The highest BCUT2D eigenvalue weighted by Gasteiger charge is 2.13. The summed E-state index contributed by atoms with van der Waals surface area (Å²) in [5.74, 6) is 1.01. The fraction of sp³-hybridized carbons (Fsp3) is 0.235. The van der Waals surface area contributed by atoms with Gasteiger partial charge >= 0.3 is 6.03 Å². The largest absolute Gasteiger partial charge is 0.469 e. The van der Waals surface area contributed by atoms with E-state index in [1.807, 2.05) is 0 Å². The Hall–Kier alpha value is -3.09. The van der Waals surface area contributed by atoms with Crippen molar-refractivity contribution in [3.63, 3.8) is 0 Å². The van der Waals surface area contributed by atoms with Crippen LogP contribution in [-0.2, 0) is 0 Å². The summed E-state index contributed by atoms with van der Waals surface area (Å²) in [6, 6.07) is 13.7. The molecule has 2 atom stereocenters. The molecule has 0 aliphatic heterocycles. The Morgan fingerprint density at radius 2 is 1.21 bits per heavy atom. The number of urea groups is 1. The molecule has 0 fully saturated rings. The lowest BCUT2D eigenvalue weighted by molar-refractivity contribution is 0.154. The number of nitrogens with two attached hydrogens (primary N) is 2. The fourth-order valence-electron chi connectivity index (χ4n) is 2.03. The van der Waals surface area contributed by atoms with Crippen molar-refractivity contribution < 1.29 is 14.3 Å². The summed E-state index contributed by atoms with van der Waals surface area (Å²) >= 11 is 0. The van der Waals surface area contributed by atoms with Gasteiger partial charge in [-0.2, -0.15) is 0 Å². The third-order valence-electron chi connectivity index (χ3n) is 3.11. The van der Waals surface area contributed by atoms with E-state index < -0.39 is 18.5 Å². The van der Waals surface area contributed by atoms with Gasteiger partial charge in [-0.3, -0.25) is 0 Å². The van der Waals surface area contributed by atoms with E-state index in [9.17, 15) is 4.79 Å². The van der Waals surface area contributed by atoms with Crippen LogP contribution in [0.15, 0.2) is 48.5 Å². The van der Waals surface area contributed by atoms with Gasteiger partial charge in [-0.1, -0.05) is 24.3 Å². The fourth-order valence-corrected chi connectivity index (χ4v) is 2.03. The lowest BCUT2D eigenvalue weighted by atomic mass is 10.3. The molecule has 0 aliphatic rings. The van der Waals surface area contributed by atoms with E-state index >= 15 is 0 Å². The molecular formula is C17H22N4O3. The SMILES string of the molecule is CC(NC(=O)NC(C)Oc1ccccc1N)Oc1ccccc1N. The van der Waals surface area contributed by atoms with Gasteiger partial charge in [-0.25, -0.2) is 4.79 Å². The number of nitrogen functional groups attached to an aromatic ring is 2. The van der Waals surface area contributed by atoms with Crippen LogP contribution in [0, 0.1) is 0 Å². The minimum Gasteiger partial charge on any atom is -0.469 e. The summed E-state index contributed by atoms with van der Waals surface area (Å²) in [6.45, 7) is 3.40. The van der Waals surface area contributed by atoms with Crippen LogP contribution in [0.2, 0.25) is 0 Å². The summed E-state index contributed by atoms with van der Waals surface area (Å²) in [5.41, 5.74) is 12.6. The summed E-state index contributed by atoms with van der Waals surface area (Å²) in [4.78, 5) is 12.0. The summed E-state index contributed by atoms with van der Waals surface area (Å²) in [5, 5.41) is 5.30. The first-order valence-corrected chi connectivity index (χ1v) is 7.55. The number of hydrogen-bond donors (Lipinski definition) is 4. The van der Waals surface area contributed by atoms with Gasteiger partial charge < -0.3 is 31.6 Å². The second kappa shape index (κ2) is 7.96. The van der Waals surface area contributed by atoms with Crippen LogP contribution in [0.4, 0.5) is 16.2 Å². The minimum atomic E-state index is -0.566. The Bertz CT molecular complexity index is 636. The van der Waals surface area contributed by atoms with Gasteiger partial charge in [0.05, 0.1) is 11.4 Å². The lowest BCUT2D eigenvalue weighted by Gasteiger charge is -2.21. The number of anilines is 2. The van der Waals surface area contributed by atoms with Crippen LogP contribution in [0.1, 0.15) is 13.8 Å². The molecule has 2 rings (SSSR count). The molecule has 6 N–H and O–H groups in total. The first-order chi connectivity index (χ1) is 11.5. The molecule has 7 nitrogen and oxygen atoms in total. The van der Waals surface area contributed by atoms with Crippen molar-refractivity contribution >= 4 is 17.4 Å². The first-order valence-electron chi connectivity index (χ1n) is 7.55. The maximum atomic E-state index is 12.0. The standard InChI is InChI=1S/C17H22N4O3/c1-11(23-15-9-5-3-7-13(15)18)20-17(22)21-12(2)24-16-10-6-4-8-14(16)19/h3-12H,18-19H2,1-2H3,(H2,20,21,22). The lowest BCUT2D eigenvalue weighted by Crippen LogP contribution is -2.48. The molecule has 7 heteroatoms. The Kier molecular flexibility index (Phi) is 5.73. The zero-order chi connectivity index (χ0) is 17.5. The molecule has 24 heavy (non-hydrogen) atoms. The van der Waals surface area contributed by atoms with Crippen molar-refractivity contribution in [3.05, 3.63) is 48.5 Å². The average molecular weight is 330 g/mol. The summed E-state index contributed by atoms with van der Waals surface area (Å²) in [6.07, 6.45) is -1.13. The van der Waals surface area contributed by atoms with Gasteiger partial charge in [0, 0.05) is 0 Å². The highest BCUT2D eigenvalue weighted by Crippen LogP contribution is 2.21. The molecule has 0 radical (unpaired) electrons. The van der Waals surface area contributed by atoms with E-state index in [0.717, 1.165) is 0 Å². The zero-order valence-corrected chi connectivity index (χ0v) is 13.7. The molecule has 0 bridgehead atoms. The Morgan fingerprint density at radius 3 is 1.58 bits per heavy atom. The maximum Gasteiger partial charge on any atom is 0.320 e. The number of carbonyl (C=O) groups excluding carboxylic acids is 1. The van der Waals surface area contributed by atoms with Gasteiger partial charge in [0.25, 0.3) is 0 Å². The van der Waals surface area contributed by atoms with Crippen LogP contribution >= 0.6 is 0 Å². The van der Waals surface area contributed by atoms with Crippen LogP contribution in [-0.4, -0.2) is 18.5 Å². The van der Waals surface area contributed by atoms with Gasteiger partial charge in [0.15, 0.2) is 12.5 Å². The molecule has 0 heterocycles. The van der Waals surface area contributed by atoms with E-state index in [0.29, 0.717) is 22.9 Å². The number of ether oxygens (including phenoxy) is 2. The predicted molar refractivity (Wildman–Crippen MR) is 93.6 cm³/mol. The third kappa shape index (κ3) is 4.98. The number of amides is 2. The van der Waals surface area contributed by atoms with Crippen molar-refractivity contribution in [1.29, 1.82) is 0 Å². The van der Waals surface area contributed by atoms with Crippen LogP contribution in [0.3, 0.4) is 0 Å². The van der Waals surface area contributed by atoms with Crippen molar-refractivity contribution in [3.8, 4) is 11.5 Å². The number of benzene rings is 2. The van der Waals surface area contributed by atoms with Crippen molar-refractivity contribution in [2.45, 2.75) is 26.3 Å². The van der Waals surface area contributed by atoms with E-state index in [2.05, 4.69) is 10.6 Å². The number of nitrogens with one attached hydrogen (secondary N) is 2. The topological polar surface area (TPSA) is 112 Å². The molecule has 0 aliphatic carbocycles. The second-order valence-corrected chi connectivity index (χ2v) is 5.21. The van der Waals surface area contributed by atoms with Gasteiger partial charge in [0.1, 0.15) is 11.5 Å². The van der Waals surface area contributed by atoms with Crippen molar-refractivity contribution in [1.82, 2.24) is 10.6 Å².